The highest BCUT2D eigenvalue weighted by Gasteiger charge is 2.36. The van der Waals surface area contributed by atoms with Gasteiger partial charge in [0.05, 0.1) is 19.6 Å². The van der Waals surface area contributed by atoms with Gasteiger partial charge in [-0.05, 0) is 20.3 Å². The topological polar surface area (TPSA) is 47.6 Å². The van der Waals surface area contributed by atoms with Gasteiger partial charge in [-0.3, -0.25) is 4.79 Å². The molecule has 0 saturated carbocycles. The van der Waals surface area contributed by atoms with E-state index >= 15 is 0 Å². The van der Waals surface area contributed by atoms with E-state index in [4.69, 9.17) is 4.74 Å². The molecular formula is C10H19NO3. The second-order valence-electron chi connectivity index (χ2n) is 3.93. The molecular weight excluding hydrogens is 182 g/mol. The fraction of sp³-hybridized carbons (Fsp3) is 0.900. The minimum absolute atomic E-state index is 0.00796. The quantitative estimate of drug-likeness (QED) is 0.680. The molecule has 4 heteroatoms. The van der Waals surface area contributed by atoms with E-state index in [2.05, 4.69) is 23.9 Å². The highest BCUT2D eigenvalue weighted by molar-refractivity contribution is 5.69. The third-order valence-electron chi connectivity index (χ3n) is 2.97. The Bertz CT molecular complexity index is 208. The highest BCUT2D eigenvalue weighted by atomic mass is 16.5. The van der Waals surface area contributed by atoms with Crippen LogP contribution in [0.25, 0.3) is 0 Å². The van der Waals surface area contributed by atoms with Crippen LogP contribution in [0.5, 0.6) is 0 Å². The summed E-state index contributed by atoms with van der Waals surface area (Å²) >= 11 is 0. The molecule has 0 bridgehead atoms. The SMILES string of the molecule is COC(=O)CCNC1(C)CCOC1C. The first-order chi connectivity index (χ1) is 6.58. The lowest BCUT2D eigenvalue weighted by Crippen LogP contribution is -2.48. The molecule has 1 heterocycles. The van der Waals surface area contributed by atoms with Crippen molar-refractivity contribution in [3.05, 3.63) is 0 Å². The van der Waals surface area contributed by atoms with Gasteiger partial charge in [-0.1, -0.05) is 0 Å². The standard InChI is InChI=1S/C10H19NO3/c1-8-10(2,5-7-14-8)11-6-4-9(12)13-3/h8,11H,4-7H2,1-3H3. The number of hydrogen-bond donors (Lipinski definition) is 1. The number of carbonyl (C=O) groups is 1. The molecule has 1 N–H and O–H groups in total. The summed E-state index contributed by atoms with van der Waals surface area (Å²) in [5, 5.41) is 3.35. The predicted octanol–water partition coefficient (Wildman–Crippen LogP) is 0.707. The van der Waals surface area contributed by atoms with Gasteiger partial charge in [0.1, 0.15) is 0 Å². The van der Waals surface area contributed by atoms with E-state index in [1.807, 2.05) is 0 Å². The van der Waals surface area contributed by atoms with Crippen LogP contribution in [0.3, 0.4) is 0 Å². The first-order valence-corrected chi connectivity index (χ1v) is 5.02. The minimum Gasteiger partial charge on any atom is -0.469 e. The van der Waals surface area contributed by atoms with Crippen molar-refractivity contribution in [2.45, 2.75) is 38.3 Å². The van der Waals surface area contributed by atoms with Crippen molar-refractivity contribution in [1.29, 1.82) is 0 Å². The van der Waals surface area contributed by atoms with Crippen molar-refractivity contribution < 1.29 is 14.3 Å². The second-order valence-corrected chi connectivity index (χ2v) is 3.93. The Morgan fingerprint density at radius 1 is 1.71 bits per heavy atom. The van der Waals surface area contributed by atoms with E-state index in [1.54, 1.807) is 0 Å². The van der Waals surface area contributed by atoms with Gasteiger partial charge in [-0.2, -0.15) is 0 Å². The van der Waals surface area contributed by atoms with Crippen molar-refractivity contribution in [1.82, 2.24) is 5.32 Å². The number of nitrogens with one attached hydrogen (secondary N) is 1. The summed E-state index contributed by atoms with van der Waals surface area (Å²) in [6.45, 7) is 5.62. The number of methoxy groups -OCH3 is 1. The molecule has 0 radical (unpaired) electrons. The molecule has 0 spiro atoms. The number of rotatable bonds is 4. The summed E-state index contributed by atoms with van der Waals surface area (Å²) in [6, 6.07) is 0. The molecule has 0 aliphatic carbocycles. The predicted molar refractivity (Wildman–Crippen MR) is 53.1 cm³/mol. The molecule has 14 heavy (non-hydrogen) atoms. The molecule has 0 aromatic heterocycles. The summed E-state index contributed by atoms with van der Waals surface area (Å²) < 4.78 is 10.0. The molecule has 1 aliphatic heterocycles. The Labute approximate surface area is 85.0 Å². The Morgan fingerprint density at radius 2 is 2.43 bits per heavy atom. The molecule has 1 rings (SSSR count). The van der Waals surface area contributed by atoms with E-state index in [1.165, 1.54) is 7.11 Å². The molecule has 2 unspecified atom stereocenters. The fourth-order valence-electron chi connectivity index (χ4n) is 1.62. The molecule has 1 aliphatic rings. The molecule has 1 saturated heterocycles. The minimum atomic E-state index is -0.173. The summed E-state index contributed by atoms with van der Waals surface area (Å²) in [5.41, 5.74) is 0.00796. The van der Waals surface area contributed by atoms with E-state index in [-0.39, 0.29) is 17.6 Å². The van der Waals surface area contributed by atoms with Gasteiger partial charge >= 0.3 is 5.97 Å². The van der Waals surface area contributed by atoms with Crippen molar-refractivity contribution >= 4 is 5.97 Å². The van der Waals surface area contributed by atoms with Gasteiger partial charge in [0.2, 0.25) is 0 Å². The van der Waals surface area contributed by atoms with Crippen LogP contribution >= 0.6 is 0 Å². The first-order valence-electron chi connectivity index (χ1n) is 5.02. The number of hydrogen-bond acceptors (Lipinski definition) is 4. The molecule has 4 nitrogen and oxygen atoms in total. The van der Waals surface area contributed by atoms with Gasteiger partial charge in [-0.25, -0.2) is 0 Å². The van der Waals surface area contributed by atoms with Crippen molar-refractivity contribution in [2.75, 3.05) is 20.3 Å². The zero-order valence-corrected chi connectivity index (χ0v) is 9.13. The maximum absolute atomic E-state index is 10.9. The van der Waals surface area contributed by atoms with E-state index < -0.39 is 0 Å². The molecule has 0 aromatic carbocycles. The van der Waals surface area contributed by atoms with E-state index in [9.17, 15) is 4.79 Å². The number of esters is 1. The molecule has 0 amide bonds. The molecule has 82 valence electrons. The lowest BCUT2D eigenvalue weighted by molar-refractivity contribution is -0.140. The maximum atomic E-state index is 10.9. The van der Waals surface area contributed by atoms with Crippen LogP contribution in [-0.4, -0.2) is 37.9 Å². The van der Waals surface area contributed by atoms with Gasteiger partial charge < -0.3 is 14.8 Å². The molecule has 1 fully saturated rings. The normalized spacial score (nSPS) is 31.8. The molecule has 2 atom stereocenters. The number of carbonyl (C=O) groups excluding carboxylic acids is 1. The van der Waals surface area contributed by atoms with Gasteiger partial charge in [-0.15, -0.1) is 0 Å². The van der Waals surface area contributed by atoms with Crippen LogP contribution in [0.4, 0.5) is 0 Å². The van der Waals surface area contributed by atoms with Crippen LogP contribution < -0.4 is 5.32 Å². The lowest BCUT2D eigenvalue weighted by atomic mass is 9.94. The van der Waals surface area contributed by atoms with Crippen molar-refractivity contribution in [3.8, 4) is 0 Å². The third-order valence-corrected chi connectivity index (χ3v) is 2.97. The van der Waals surface area contributed by atoms with Crippen molar-refractivity contribution in [3.63, 3.8) is 0 Å². The summed E-state index contributed by atoms with van der Waals surface area (Å²) in [7, 11) is 1.41. The monoisotopic (exact) mass is 201 g/mol. The summed E-state index contributed by atoms with van der Waals surface area (Å²) in [6.07, 6.45) is 1.62. The first kappa shape index (κ1) is 11.5. The van der Waals surface area contributed by atoms with Crippen LogP contribution in [0, 0.1) is 0 Å². The average Bonchev–Trinajstić information content (AvgIpc) is 2.47. The maximum Gasteiger partial charge on any atom is 0.306 e. The zero-order valence-electron chi connectivity index (χ0n) is 9.13. The Hall–Kier alpha value is -0.610. The van der Waals surface area contributed by atoms with Gasteiger partial charge in [0.15, 0.2) is 0 Å². The fourth-order valence-corrected chi connectivity index (χ4v) is 1.62. The Kier molecular flexibility index (Phi) is 3.89. The Balaban J connectivity index is 2.26. The third kappa shape index (κ3) is 2.69. The highest BCUT2D eigenvalue weighted by Crippen LogP contribution is 2.24. The number of ether oxygens (including phenoxy) is 2. The largest absolute Gasteiger partial charge is 0.469 e. The second kappa shape index (κ2) is 4.75. The van der Waals surface area contributed by atoms with Crippen LogP contribution in [0.1, 0.15) is 26.7 Å². The van der Waals surface area contributed by atoms with Crippen LogP contribution in [-0.2, 0) is 14.3 Å². The van der Waals surface area contributed by atoms with Gasteiger partial charge in [0.25, 0.3) is 0 Å². The van der Waals surface area contributed by atoms with E-state index in [0.717, 1.165) is 13.0 Å². The summed E-state index contributed by atoms with van der Waals surface area (Å²) in [4.78, 5) is 10.9. The molecule has 0 aromatic rings. The van der Waals surface area contributed by atoms with Crippen LogP contribution in [0.2, 0.25) is 0 Å². The summed E-state index contributed by atoms with van der Waals surface area (Å²) in [5.74, 6) is -0.173. The zero-order chi connectivity index (χ0) is 10.6. The van der Waals surface area contributed by atoms with Crippen LogP contribution in [0.15, 0.2) is 0 Å². The van der Waals surface area contributed by atoms with E-state index in [0.29, 0.717) is 13.0 Å². The van der Waals surface area contributed by atoms with Gasteiger partial charge in [0, 0.05) is 18.7 Å². The average molecular weight is 201 g/mol. The van der Waals surface area contributed by atoms with Crippen molar-refractivity contribution in [2.24, 2.45) is 0 Å². The Morgan fingerprint density at radius 3 is 2.93 bits per heavy atom. The smallest absolute Gasteiger partial charge is 0.306 e. The lowest BCUT2D eigenvalue weighted by Gasteiger charge is -2.28.